The minimum Gasteiger partial charge on any atom is -0.491 e. The van der Waals surface area contributed by atoms with E-state index in [0.717, 1.165) is 79.8 Å². The van der Waals surface area contributed by atoms with Gasteiger partial charge in [0.2, 0.25) is 5.91 Å². The van der Waals surface area contributed by atoms with Gasteiger partial charge in [0, 0.05) is 58.2 Å². The van der Waals surface area contributed by atoms with Crippen molar-refractivity contribution in [1.29, 1.82) is 0 Å². The first-order chi connectivity index (χ1) is 32.0. The summed E-state index contributed by atoms with van der Waals surface area (Å²) in [5.74, 6) is -1.16. The summed E-state index contributed by atoms with van der Waals surface area (Å²) in [6, 6.07) is 5.93. The molecule has 372 valence electrons. The van der Waals surface area contributed by atoms with Crippen LogP contribution < -0.4 is 25.7 Å². The Balaban J connectivity index is 1.02. The second kappa shape index (κ2) is 23.3. The number of hydrogen-bond acceptors (Lipinski definition) is 13. The van der Waals surface area contributed by atoms with E-state index in [1.807, 2.05) is 45.0 Å². The molecule has 7 atom stereocenters. The first kappa shape index (κ1) is 52.0. The minimum absolute atomic E-state index is 0.00710. The number of unbranched alkanes of at least 4 members (excludes halogenated alkanes) is 2. The standard InChI is InChI=1S/C48H73N7O11S/c1-7-34-22-23-48(34,45(59)52-67(61,62)53(5)25-29-63-6)51-43(57)38-20-14-24-55(38)44(58)41(47(2,3)4)50-46(60)66-39-21-13-16-33(39)15-9-8-10-18-36-40(65-32-28-54-26-30-64-31-27-54)35-17-11-12-19-37(35)49-42(36)56/h7,11-12,17,19,22-23,33-34,38-39,41,43,51,57H,1,8-10,13-16,18,20-21,24-32H2,2-6H3,(H,49,56)(H,50,60)(H,52,59)/t33-,34-,38+,39?,41-,43?,48-/m1/s1. The molecule has 3 fully saturated rings. The maximum Gasteiger partial charge on any atom is 0.408 e. The first-order valence-corrected chi connectivity index (χ1v) is 25.3. The molecule has 19 heteroatoms. The third-order valence-electron chi connectivity index (χ3n) is 13.7. The van der Waals surface area contributed by atoms with Crippen molar-refractivity contribution in [3.8, 4) is 5.75 Å². The van der Waals surface area contributed by atoms with E-state index in [2.05, 4.69) is 31.8 Å². The van der Waals surface area contributed by atoms with Gasteiger partial charge in [0.1, 0.15) is 36.3 Å². The first-order valence-electron chi connectivity index (χ1n) is 23.9. The largest absolute Gasteiger partial charge is 0.491 e. The van der Waals surface area contributed by atoms with Gasteiger partial charge in [0.15, 0.2) is 0 Å². The molecular formula is C48H73N7O11S. The zero-order valence-corrected chi connectivity index (χ0v) is 40.7. The number of amides is 3. The summed E-state index contributed by atoms with van der Waals surface area (Å²) in [4.78, 5) is 61.9. The van der Waals surface area contributed by atoms with E-state index in [1.165, 1.54) is 31.2 Å². The number of H-pyrrole nitrogens is 1. The molecule has 0 radical (unpaired) electrons. The summed E-state index contributed by atoms with van der Waals surface area (Å²) in [7, 11) is -1.50. The summed E-state index contributed by atoms with van der Waals surface area (Å²) in [6.07, 6.45) is 9.71. The Labute approximate surface area is 395 Å². The number of aromatic amines is 1. The van der Waals surface area contributed by atoms with Crippen molar-refractivity contribution in [3.05, 3.63) is 65.0 Å². The number of aromatic nitrogens is 1. The van der Waals surface area contributed by atoms with Crippen LogP contribution in [0.25, 0.3) is 10.9 Å². The van der Waals surface area contributed by atoms with Gasteiger partial charge in [-0.3, -0.25) is 24.6 Å². The summed E-state index contributed by atoms with van der Waals surface area (Å²) in [5, 5.41) is 18.4. The third-order valence-corrected chi connectivity index (χ3v) is 15.2. The van der Waals surface area contributed by atoms with Crippen LogP contribution in [0.1, 0.15) is 84.1 Å². The highest BCUT2D eigenvalue weighted by molar-refractivity contribution is 7.87. The van der Waals surface area contributed by atoms with Gasteiger partial charge < -0.3 is 39.3 Å². The number of carbonyl (C=O) groups is 3. The second-order valence-electron chi connectivity index (χ2n) is 19.4. The number of ether oxygens (including phenoxy) is 4. The number of likely N-dealkylation sites (tertiary alicyclic amines) is 1. The molecule has 3 heterocycles. The summed E-state index contributed by atoms with van der Waals surface area (Å²) < 4.78 is 51.9. The van der Waals surface area contributed by atoms with Crippen molar-refractivity contribution >= 4 is 39.0 Å². The van der Waals surface area contributed by atoms with Crippen molar-refractivity contribution in [2.24, 2.45) is 17.3 Å². The number of alkyl carbamates (subject to hydrolysis) is 1. The van der Waals surface area contributed by atoms with Crippen molar-refractivity contribution in [2.75, 3.05) is 73.3 Å². The molecule has 0 spiro atoms. The SMILES string of the molecule is C=C[C@@H]1C=C[C@]1(NC(O)[C@@H]1CCCN1C(=O)[C@@H](NC(=O)OC1CCC[C@H]1CCCCCc1c(OCCN2CCOCC2)c2ccccc2[nH]c1=O)C(C)(C)C)C(=O)NS(=O)(=O)N(C)CCOC. The van der Waals surface area contributed by atoms with Gasteiger partial charge in [-0.1, -0.05) is 64.0 Å². The summed E-state index contributed by atoms with van der Waals surface area (Å²) in [5.41, 5.74) is -1.12. The maximum absolute atomic E-state index is 14.4. The molecule has 2 unspecified atom stereocenters. The number of likely N-dealkylation sites (N-methyl/N-ethyl adjacent to an activating group) is 1. The number of morpholine rings is 1. The normalized spacial score (nSPS) is 24.3. The third kappa shape index (κ3) is 12.8. The molecule has 67 heavy (non-hydrogen) atoms. The predicted octanol–water partition coefficient (Wildman–Crippen LogP) is 3.60. The van der Waals surface area contributed by atoms with Crippen LogP contribution in [0.5, 0.6) is 5.75 Å². The van der Waals surface area contributed by atoms with Crippen LogP contribution in [-0.2, 0) is 40.4 Å². The van der Waals surface area contributed by atoms with E-state index in [0.29, 0.717) is 56.9 Å². The van der Waals surface area contributed by atoms with Crippen molar-refractivity contribution in [3.63, 3.8) is 0 Å². The van der Waals surface area contributed by atoms with Gasteiger partial charge >= 0.3 is 16.3 Å². The lowest BCUT2D eigenvalue weighted by molar-refractivity contribution is -0.140. The van der Waals surface area contributed by atoms with E-state index in [4.69, 9.17) is 18.9 Å². The number of aliphatic hydroxyl groups excluding tert-OH is 1. The Morgan fingerprint density at radius 3 is 2.54 bits per heavy atom. The molecule has 0 bridgehead atoms. The van der Waals surface area contributed by atoms with Gasteiger partial charge in [-0.15, -0.1) is 6.58 Å². The number of para-hydroxylation sites is 1. The van der Waals surface area contributed by atoms with E-state index >= 15 is 0 Å². The number of pyridine rings is 1. The number of carbonyl (C=O) groups excluding carboxylic acids is 3. The van der Waals surface area contributed by atoms with E-state index in [9.17, 15) is 32.7 Å². The molecule has 1 aromatic carbocycles. The van der Waals surface area contributed by atoms with E-state index < -0.39 is 63.3 Å². The fraction of sp³-hybridized carbons (Fsp3) is 0.667. The molecule has 1 saturated carbocycles. The predicted molar refractivity (Wildman–Crippen MR) is 254 cm³/mol. The second-order valence-corrected chi connectivity index (χ2v) is 21.1. The van der Waals surface area contributed by atoms with Crippen LogP contribution in [0.2, 0.25) is 0 Å². The number of fused-ring (bicyclic) bond motifs is 1. The molecule has 2 aliphatic heterocycles. The van der Waals surface area contributed by atoms with Crippen LogP contribution in [-0.4, -0.2) is 154 Å². The number of rotatable bonds is 23. The average Bonchev–Trinajstić information content (AvgIpc) is 3.96. The fourth-order valence-corrected chi connectivity index (χ4v) is 10.6. The highest BCUT2D eigenvalue weighted by Crippen LogP contribution is 2.36. The van der Waals surface area contributed by atoms with Gasteiger partial charge in [-0.2, -0.15) is 12.7 Å². The van der Waals surface area contributed by atoms with Crippen LogP contribution in [0, 0.1) is 17.3 Å². The zero-order valence-electron chi connectivity index (χ0n) is 39.9. The number of methoxy groups -OCH3 is 1. The topological polar surface area (TPSA) is 221 Å². The lowest BCUT2D eigenvalue weighted by atomic mass is 9.73. The van der Waals surface area contributed by atoms with Crippen LogP contribution >= 0.6 is 0 Å². The van der Waals surface area contributed by atoms with E-state index in [1.54, 1.807) is 6.08 Å². The van der Waals surface area contributed by atoms with Gasteiger partial charge in [-0.05, 0) is 74.8 Å². The van der Waals surface area contributed by atoms with Crippen molar-refractivity contribution in [2.45, 2.75) is 115 Å². The Bertz CT molecular complexity index is 2230. The summed E-state index contributed by atoms with van der Waals surface area (Å²) >= 11 is 0. The molecule has 18 nitrogen and oxygen atoms in total. The smallest absolute Gasteiger partial charge is 0.408 e. The molecule has 1 aromatic heterocycles. The Hall–Kier alpha value is -4.37. The Morgan fingerprint density at radius 1 is 1.07 bits per heavy atom. The van der Waals surface area contributed by atoms with Crippen molar-refractivity contribution < 1.29 is 46.9 Å². The van der Waals surface area contributed by atoms with Crippen LogP contribution in [0.15, 0.2) is 53.9 Å². The Kier molecular flexibility index (Phi) is 18.1. The lowest BCUT2D eigenvalue weighted by Gasteiger charge is -2.44. The zero-order chi connectivity index (χ0) is 48.4. The van der Waals surface area contributed by atoms with E-state index in [-0.39, 0.29) is 30.7 Å². The quantitative estimate of drug-likeness (QED) is 0.0612. The number of nitrogens with one attached hydrogen (secondary N) is 4. The highest BCUT2D eigenvalue weighted by atomic mass is 32.2. The number of hydrogen-bond donors (Lipinski definition) is 5. The lowest BCUT2D eigenvalue weighted by Crippen LogP contribution is -2.69. The molecule has 5 N–H and O–H groups in total. The van der Waals surface area contributed by atoms with Crippen LogP contribution in [0.3, 0.4) is 0 Å². The van der Waals surface area contributed by atoms with Crippen LogP contribution in [0.4, 0.5) is 4.79 Å². The van der Waals surface area contributed by atoms with Gasteiger partial charge in [0.05, 0.1) is 36.9 Å². The highest BCUT2D eigenvalue weighted by Gasteiger charge is 2.51. The molecule has 2 saturated heterocycles. The number of nitrogens with zero attached hydrogens (tertiary/aromatic N) is 3. The number of aliphatic hydroxyl groups is 1. The number of benzene rings is 1. The summed E-state index contributed by atoms with van der Waals surface area (Å²) in [6.45, 7) is 14.1. The fourth-order valence-electron chi connectivity index (χ4n) is 9.68. The molecule has 3 amide bonds. The average molecular weight is 956 g/mol. The molecule has 2 aromatic rings. The van der Waals surface area contributed by atoms with Crippen molar-refractivity contribution in [1.82, 2.24) is 34.4 Å². The van der Waals surface area contributed by atoms with Gasteiger partial charge in [0.25, 0.3) is 11.5 Å². The molecular weight excluding hydrogens is 883 g/mol. The molecule has 2 aliphatic carbocycles. The monoisotopic (exact) mass is 956 g/mol. The minimum atomic E-state index is -4.25. The Morgan fingerprint density at radius 2 is 1.84 bits per heavy atom. The molecule has 6 rings (SSSR count). The maximum atomic E-state index is 14.4. The van der Waals surface area contributed by atoms with Gasteiger partial charge in [-0.25, -0.2) is 9.52 Å². The molecule has 4 aliphatic rings.